The number of imidazole rings is 1. The average Bonchev–Trinajstić information content (AvgIpc) is 3.82. The van der Waals surface area contributed by atoms with Crippen LogP contribution in [0.1, 0.15) is 84.2 Å². The number of hydrogen-bond acceptors (Lipinski definition) is 9. The summed E-state index contributed by atoms with van der Waals surface area (Å²) in [6.07, 6.45) is 6.71. The number of nitriles is 1. The summed E-state index contributed by atoms with van der Waals surface area (Å²) in [5.74, 6) is 0.618. The van der Waals surface area contributed by atoms with Gasteiger partial charge in [-0.25, -0.2) is 19.2 Å². The monoisotopic (exact) mass is 649 g/mol. The van der Waals surface area contributed by atoms with Crippen molar-refractivity contribution < 1.29 is 27.8 Å². The Balaban J connectivity index is 1.08. The van der Waals surface area contributed by atoms with Crippen molar-refractivity contribution in [3.63, 3.8) is 0 Å². The van der Waals surface area contributed by atoms with Crippen LogP contribution in [0.4, 0.5) is 4.39 Å². The number of benzene rings is 3. The van der Waals surface area contributed by atoms with Crippen LogP contribution < -0.4 is 9.47 Å². The van der Waals surface area contributed by atoms with Crippen LogP contribution >= 0.6 is 0 Å². The van der Waals surface area contributed by atoms with E-state index in [-0.39, 0.29) is 23.0 Å². The molecule has 0 spiro atoms. The first-order valence-electron chi connectivity index (χ1n) is 16.3. The zero-order valence-corrected chi connectivity index (χ0v) is 26.9. The van der Waals surface area contributed by atoms with Crippen molar-refractivity contribution >= 4 is 17.0 Å². The molecule has 0 bridgehead atoms. The topological polar surface area (TPSA) is 116 Å². The molecule has 5 aromatic rings. The number of ether oxygens (including phenoxy) is 3. The highest BCUT2D eigenvalue weighted by atomic mass is 19.1. The number of hydrogen-bond donors (Lipinski definition) is 0. The average molecular weight is 650 g/mol. The third-order valence-corrected chi connectivity index (χ3v) is 9.16. The number of nitrogens with zero attached hydrogens (tertiary/aromatic N) is 5. The standard InChI is InChI=1S/C37H36FN5O5/c1-3-4-17-46-36(44)26-9-11-30-31(20-26)43(23-34-40-14-18-45-34)33(41-30)22-42-15-12-25(13-16-42)27-6-5-7-32-35(27)48-37(2,47-32)28-10-8-24(21-39)19-29(28)38/h5-11,14,18-20,25H,3-4,12-13,15-17,22-23H2,1-2H3. The largest absolute Gasteiger partial charge is 0.462 e. The van der Waals surface area contributed by atoms with E-state index in [4.69, 9.17) is 28.9 Å². The van der Waals surface area contributed by atoms with Crippen LogP contribution in [0.25, 0.3) is 11.0 Å². The van der Waals surface area contributed by atoms with E-state index in [1.807, 2.05) is 30.3 Å². The Morgan fingerprint density at radius 3 is 2.73 bits per heavy atom. The number of carbonyl (C=O) groups is 1. The predicted molar refractivity (Wildman–Crippen MR) is 174 cm³/mol. The first-order valence-corrected chi connectivity index (χ1v) is 16.3. The van der Waals surface area contributed by atoms with Gasteiger partial charge in [-0.05, 0) is 80.7 Å². The van der Waals surface area contributed by atoms with Gasteiger partial charge in [0, 0.05) is 12.5 Å². The van der Waals surface area contributed by atoms with Crippen molar-refractivity contribution in [2.45, 2.75) is 64.3 Å². The van der Waals surface area contributed by atoms with Crippen molar-refractivity contribution in [1.82, 2.24) is 19.4 Å². The molecule has 0 N–H and O–H groups in total. The van der Waals surface area contributed by atoms with Gasteiger partial charge in [-0.15, -0.1) is 0 Å². The van der Waals surface area contributed by atoms with Crippen molar-refractivity contribution in [1.29, 1.82) is 5.26 Å². The van der Waals surface area contributed by atoms with Crippen LogP contribution in [0.3, 0.4) is 0 Å². The first kappa shape index (κ1) is 31.4. The van der Waals surface area contributed by atoms with E-state index in [2.05, 4.69) is 27.4 Å². The van der Waals surface area contributed by atoms with E-state index in [1.54, 1.807) is 37.6 Å². The summed E-state index contributed by atoms with van der Waals surface area (Å²) in [4.78, 5) is 24.4. The van der Waals surface area contributed by atoms with Gasteiger partial charge in [-0.2, -0.15) is 5.26 Å². The Morgan fingerprint density at radius 1 is 1.12 bits per heavy atom. The number of fused-ring (bicyclic) bond motifs is 2. The molecular weight excluding hydrogens is 613 g/mol. The van der Waals surface area contributed by atoms with Gasteiger partial charge >= 0.3 is 5.97 Å². The van der Waals surface area contributed by atoms with E-state index in [0.717, 1.165) is 61.2 Å². The molecule has 4 heterocycles. The summed E-state index contributed by atoms with van der Waals surface area (Å²) in [6.45, 7) is 6.80. The highest BCUT2D eigenvalue weighted by molar-refractivity contribution is 5.93. The summed E-state index contributed by atoms with van der Waals surface area (Å²) in [6, 6.07) is 17.6. The van der Waals surface area contributed by atoms with Crippen molar-refractivity contribution in [3.8, 4) is 17.6 Å². The zero-order chi connectivity index (χ0) is 33.3. The van der Waals surface area contributed by atoms with Gasteiger partial charge in [0.25, 0.3) is 5.79 Å². The Bertz CT molecular complexity index is 1990. The predicted octanol–water partition coefficient (Wildman–Crippen LogP) is 7.06. The lowest BCUT2D eigenvalue weighted by Crippen LogP contribution is -2.34. The summed E-state index contributed by atoms with van der Waals surface area (Å²) in [7, 11) is 0. The molecule has 48 heavy (non-hydrogen) atoms. The maximum absolute atomic E-state index is 15.0. The number of esters is 1. The van der Waals surface area contributed by atoms with Crippen molar-refractivity contribution in [2.24, 2.45) is 0 Å². The fraction of sp³-hybridized carbons (Fsp3) is 0.351. The molecule has 0 aliphatic carbocycles. The number of aromatic nitrogens is 3. The minimum Gasteiger partial charge on any atom is -0.462 e. The molecule has 1 atom stereocenters. The number of carbonyl (C=O) groups excluding carboxylic acids is 1. The number of unbranched alkanes of at least 4 members (excludes halogenated alkanes) is 1. The van der Waals surface area contributed by atoms with Gasteiger partial charge in [0.15, 0.2) is 11.5 Å². The molecule has 246 valence electrons. The normalized spacial score (nSPS) is 17.9. The molecule has 11 heteroatoms. The Kier molecular flexibility index (Phi) is 8.58. The van der Waals surface area contributed by atoms with Gasteiger partial charge in [0.2, 0.25) is 5.89 Å². The highest BCUT2D eigenvalue weighted by Gasteiger charge is 2.43. The zero-order valence-electron chi connectivity index (χ0n) is 26.9. The third kappa shape index (κ3) is 6.11. The number of para-hydroxylation sites is 1. The Labute approximate surface area is 277 Å². The first-order chi connectivity index (χ1) is 23.3. The van der Waals surface area contributed by atoms with Gasteiger partial charge < -0.3 is 23.2 Å². The SMILES string of the molecule is CCCCOC(=O)c1ccc2nc(CN3CCC(c4cccc5c4OC(C)(c4ccc(C#N)cc4F)O5)CC3)n(Cc3ncco3)c2c1. The summed E-state index contributed by atoms with van der Waals surface area (Å²) in [5.41, 5.74) is 3.62. The molecule has 0 saturated carbocycles. The fourth-order valence-electron chi connectivity index (χ4n) is 6.59. The van der Waals surface area contributed by atoms with Crippen molar-refractivity contribution in [2.75, 3.05) is 19.7 Å². The van der Waals surface area contributed by atoms with Crippen LogP contribution in [0.15, 0.2) is 71.5 Å². The Hall–Kier alpha value is -5.21. The van der Waals surface area contributed by atoms with Gasteiger partial charge in [0.05, 0.1) is 53.1 Å². The molecule has 0 radical (unpaired) electrons. The van der Waals surface area contributed by atoms with Gasteiger partial charge in [-0.1, -0.05) is 25.5 Å². The second kappa shape index (κ2) is 13.1. The smallest absolute Gasteiger partial charge is 0.338 e. The molecule has 10 nitrogen and oxygen atoms in total. The van der Waals surface area contributed by atoms with Crippen LogP contribution in [0.2, 0.25) is 0 Å². The maximum Gasteiger partial charge on any atom is 0.338 e. The molecule has 3 aromatic carbocycles. The maximum atomic E-state index is 15.0. The van der Waals surface area contributed by atoms with E-state index >= 15 is 0 Å². The summed E-state index contributed by atoms with van der Waals surface area (Å²) < 4.78 is 40.7. The van der Waals surface area contributed by atoms with E-state index in [1.165, 1.54) is 6.07 Å². The lowest BCUT2D eigenvalue weighted by molar-refractivity contribution is -0.0712. The summed E-state index contributed by atoms with van der Waals surface area (Å²) in [5, 5.41) is 9.15. The van der Waals surface area contributed by atoms with Crippen LogP contribution in [0.5, 0.6) is 11.5 Å². The molecule has 2 aromatic heterocycles. The lowest BCUT2D eigenvalue weighted by Gasteiger charge is -2.32. The fourth-order valence-corrected chi connectivity index (χ4v) is 6.59. The molecular formula is C37H36FN5O5. The van der Waals surface area contributed by atoms with Gasteiger partial charge in [0.1, 0.15) is 24.4 Å². The van der Waals surface area contributed by atoms with E-state index in [9.17, 15) is 9.18 Å². The quantitative estimate of drug-likeness (QED) is 0.116. The highest BCUT2D eigenvalue weighted by Crippen LogP contribution is 2.49. The second-order valence-electron chi connectivity index (χ2n) is 12.4. The van der Waals surface area contributed by atoms with E-state index in [0.29, 0.717) is 42.6 Å². The molecule has 2 aliphatic rings. The Morgan fingerprint density at radius 2 is 1.98 bits per heavy atom. The summed E-state index contributed by atoms with van der Waals surface area (Å²) >= 11 is 0. The third-order valence-electron chi connectivity index (χ3n) is 9.16. The number of oxazole rings is 1. The second-order valence-corrected chi connectivity index (χ2v) is 12.4. The number of halogens is 1. The molecule has 1 saturated heterocycles. The lowest BCUT2D eigenvalue weighted by atomic mass is 9.88. The van der Waals surface area contributed by atoms with Crippen LogP contribution in [-0.2, 0) is 23.6 Å². The minimum atomic E-state index is -1.34. The molecule has 2 aliphatic heterocycles. The number of piperidine rings is 1. The van der Waals surface area contributed by atoms with Crippen LogP contribution in [-0.4, -0.2) is 45.1 Å². The number of rotatable bonds is 10. The number of likely N-dealkylation sites (tertiary alicyclic amines) is 1. The van der Waals surface area contributed by atoms with Crippen molar-refractivity contribution in [3.05, 3.63) is 107 Å². The van der Waals surface area contributed by atoms with Crippen LogP contribution in [0, 0.1) is 17.1 Å². The minimum absolute atomic E-state index is 0.223. The molecule has 7 rings (SSSR count). The molecule has 1 unspecified atom stereocenters. The molecule has 1 fully saturated rings. The van der Waals surface area contributed by atoms with Gasteiger partial charge in [-0.3, -0.25) is 4.90 Å². The van der Waals surface area contributed by atoms with E-state index < -0.39 is 11.6 Å². The molecule has 0 amide bonds.